The van der Waals surface area contributed by atoms with E-state index in [1.165, 1.54) is 18.4 Å². The number of aliphatic hydroxyl groups is 1. The first kappa shape index (κ1) is 12.4. The third kappa shape index (κ3) is 3.22. The molecule has 0 bridgehead atoms. The van der Waals surface area contributed by atoms with E-state index in [4.69, 9.17) is 0 Å². The molecule has 1 aliphatic rings. The van der Waals surface area contributed by atoms with Crippen molar-refractivity contribution in [1.82, 2.24) is 15.1 Å². The smallest absolute Gasteiger partial charge is 0.0602 e. The lowest BCUT2D eigenvalue weighted by Crippen LogP contribution is -2.37. The quantitative estimate of drug-likeness (QED) is 0.827. The van der Waals surface area contributed by atoms with Crippen LogP contribution in [0.15, 0.2) is 42.7 Å². The molecule has 4 heteroatoms. The molecule has 2 aromatic rings. The maximum atomic E-state index is 9.38. The van der Waals surface area contributed by atoms with Gasteiger partial charge in [0.2, 0.25) is 0 Å². The summed E-state index contributed by atoms with van der Waals surface area (Å²) < 4.78 is 1.90. The van der Waals surface area contributed by atoms with Gasteiger partial charge in [0.1, 0.15) is 0 Å². The second-order valence-electron chi connectivity index (χ2n) is 5.14. The molecule has 1 atom stereocenters. The summed E-state index contributed by atoms with van der Waals surface area (Å²) in [6, 6.07) is 10.9. The molecule has 1 heterocycles. The van der Waals surface area contributed by atoms with Crippen molar-refractivity contribution in [2.24, 2.45) is 0 Å². The molecule has 1 unspecified atom stereocenters. The zero-order valence-electron chi connectivity index (χ0n) is 10.9. The van der Waals surface area contributed by atoms with E-state index in [2.05, 4.69) is 22.5 Å². The zero-order chi connectivity index (χ0) is 13.1. The van der Waals surface area contributed by atoms with Crippen LogP contribution in [0, 0.1) is 0 Å². The molecule has 0 saturated heterocycles. The normalized spacial score (nSPS) is 16.5. The molecule has 4 nitrogen and oxygen atoms in total. The Morgan fingerprint density at radius 3 is 2.74 bits per heavy atom. The number of nitrogens with one attached hydrogen (secondary N) is 1. The second-order valence-corrected chi connectivity index (χ2v) is 5.14. The van der Waals surface area contributed by atoms with E-state index in [1.54, 1.807) is 0 Å². The largest absolute Gasteiger partial charge is 0.395 e. The van der Waals surface area contributed by atoms with Gasteiger partial charge in [0.15, 0.2) is 0 Å². The molecular weight excluding hydrogens is 238 g/mol. The fourth-order valence-electron chi connectivity index (χ4n) is 2.22. The Labute approximate surface area is 113 Å². The number of nitrogens with zero attached hydrogens (tertiary/aromatic N) is 2. The molecule has 100 valence electrons. The van der Waals surface area contributed by atoms with Crippen LogP contribution in [0.2, 0.25) is 0 Å². The lowest BCUT2D eigenvalue weighted by molar-refractivity contribution is 0.224. The van der Waals surface area contributed by atoms with Gasteiger partial charge in [-0.05, 0) is 18.4 Å². The molecule has 1 aliphatic carbocycles. The third-order valence-corrected chi connectivity index (χ3v) is 3.42. The van der Waals surface area contributed by atoms with Crippen molar-refractivity contribution in [3.8, 4) is 11.1 Å². The van der Waals surface area contributed by atoms with Crippen LogP contribution in [0.5, 0.6) is 0 Å². The second kappa shape index (κ2) is 5.55. The summed E-state index contributed by atoms with van der Waals surface area (Å²) in [5, 5.41) is 17.2. The summed E-state index contributed by atoms with van der Waals surface area (Å²) in [7, 11) is 0. The van der Waals surface area contributed by atoms with Crippen LogP contribution >= 0.6 is 0 Å². The van der Waals surface area contributed by atoms with Gasteiger partial charge in [-0.15, -0.1) is 0 Å². The number of aromatic nitrogens is 2. The standard InChI is InChI=1S/C15H19N3O/c19-11-15(17-14-6-7-14)10-18-9-13(8-16-18)12-4-2-1-3-5-12/h1-5,8-9,14-15,17,19H,6-7,10-11H2. The van der Waals surface area contributed by atoms with Crippen molar-refractivity contribution in [2.75, 3.05) is 6.61 Å². The predicted molar refractivity (Wildman–Crippen MR) is 74.7 cm³/mol. The monoisotopic (exact) mass is 257 g/mol. The number of benzene rings is 1. The van der Waals surface area contributed by atoms with Crippen LogP contribution in [0.1, 0.15) is 12.8 Å². The van der Waals surface area contributed by atoms with Gasteiger partial charge in [0.25, 0.3) is 0 Å². The topological polar surface area (TPSA) is 50.1 Å². The van der Waals surface area contributed by atoms with Crippen molar-refractivity contribution < 1.29 is 5.11 Å². The van der Waals surface area contributed by atoms with Crippen LogP contribution in [0.4, 0.5) is 0 Å². The fourth-order valence-corrected chi connectivity index (χ4v) is 2.22. The molecule has 0 spiro atoms. The average molecular weight is 257 g/mol. The SMILES string of the molecule is OCC(Cn1cc(-c2ccccc2)cn1)NC1CC1. The molecule has 0 aliphatic heterocycles. The van der Waals surface area contributed by atoms with Crippen LogP contribution in [-0.2, 0) is 6.54 Å². The minimum Gasteiger partial charge on any atom is -0.395 e. The Bertz CT molecular complexity index is 519. The molecule has 1 aromatic heterocycles. The van der Waals surface area contributed by atoms with Crippen molar-refractivity contribution in [3.05, 3.63) is 42.7 Å². The van der Waals surface area contributed by atoms with Gasteiger partial charge >= 0.3 is 0 Å². The Morgan fingerprint density at radius 1 is 1.26 bits per heavy atom. The molecule has 0 amide bonds. The number of hydrogen-bond donors (Lipinski definition) is 2. The highest BCUT2D eigenvalue weighted by atomic mass is 16.3. The fraction of sp³-hybridized carbons (Fsp3) is 0.400. The Kier molecular flexibility index (Phi) is 3.62. The summed E-state index contributed by atoms with van der Waals surface area (Å²) in [6.45, 7) is 0.858. The molecule has 1 fully saturated rings. The van der Waals surface area contributed by atoms with E-state index in [1.807, 2.05) is 35.3 Å². The van der Waals surface area contributed by atoms with Crippen LogP contribution in [-0.4, -0.2) is 33.6 Å². The van der Waals surface area contributed by atoms with Gasteiger partial charge in [-0.2, -0.15) is 5.10 Å². The minimum absolute atomic E-state index is 0.0935. The summed E-state index contributed by atoms with van der Waals surface area (Å²) in [5.74, 6) is 0. The van der Waals surface area contributed by atoms with Gasteiger partial charge in [-0.1, -0.05) is 30.3 Å². The van der Waals surface area contributed by atoms with Gasteiger partial charge in [0.05, 0.1) is 25.4 Å². The highest BCUT2D eigenvalue weighted by Gasteiger charge is 2.24. The summed E-state index contributed by atoms with van der Waals surface area (Å²) >= 11 is 0. The summed E-state index contributed by atoms with van der Waals surface area (Å²) in [6.07, 6.45) is 6.36. The summed E-state index contributed by atoms with van der Waals surface area (Å²) in [4.78, 5) is 0. The van der Waals surface area contributed by atoms with Gasteiger partial charge < -0.3 is 10.4 Å². The zero-order valence-corrected chi connectivity index (χ0v) is 10.9. The maximum absolute atomic E-state index is 9.38. The van der Waals surface area contributed by atoms with Crippen LogP contribution < -0.4 is 5.32 Å². The predicted octanol–water partition coefficient (Wildman–Crippen LogP) is 1.66. The van der Waals surface area contributed by atoms with E-state index < -0.39 is 0 Å². The van der Waals surface area contributed by atoms with E-state index in [-0.39, 0.29) is 12.6 Å². The van der Waals surface area contributed by atoms with Crippen molar-refractivity contribution >= 4 is 0 Å². The van der Waals surface area contributed by atoms with Crippen molar-refractivity contribution in [2.45, 2.75) is 31.5 Å². The first-order valence-electron chi connectivity index (χ1n) is 6.80. The average Bonchev–Trinajstić information content (AvgIpc) is 3.15. The van der Waals surface area contributed by atoms with E-state index in [9.17, 15) is 5.11 Å². The summed E-state index contributed by atoms with van der Waals surface area (Å²) in [5.41, 5.74) is 2.29. The number of hydrogen-bond acceptors (Lipinski definition) is 3. The van der Waals surface area contributed by atoms with Gasteiger partial charge in [-0.25, -0.2) is 0 Å². The number of rotatable bonds is 6. The first-order chi connectivity index (χ1) is 9.35. The lowest BCUT2D eigenvalue weighted by Gasteiger charge is -2.15. The van der Waals surface area contributed by atoms with E-state index >= 15 is 0 Å². The Hall–Kier alpha value is -1.65. The molecule has 1 saturated carbocycles. The van der Waals surface area contributed by atoms with Crippen molar-refractivity contribution in [1.29, 1.82) is 0 Å². The highest BCUT2D eigenvalue weighted by Crippen LogP contribution is 2.20. The van der Waals surface area contributed by atoms with Gasteiger partial charge in [-0.3, -0.25) is 4.68 Å². The Balaban J connectivity index is 1.67. The first-order valence-corrected chi connectivity index (χ1v) is 6.80. The molecule has 19 heavy (non-hydrogen) atoms. The van der Waals surface area contributed by atoms with Crippen LogP contribution in [0.3, 0.4) is 0 Å². The molecule has 3 rings (SSSR count). The number of aliphatic hydroxyl groups excluding tert-OH is 1. The minimum atomic E-state index is 0.0935. The van der Waals surface area contributed by atoms with E-state index in [0.29, 0.717) is 12.6 Å². The molecule has 2 N–H and O–H groups in total. The molecular formula is C15H19N3O. The van der Waals surface area contributed by atoms with E-state index in [0.717, 1.165) is 5.56 Å². The van der Waals surface area contributed by atoms with Crippen molar-refractivity contribution in [3.63, 3.8) is 0 Å². The molecule has 0 radical (unpaired) electrons. The van der Waals surface area contributed by atoms with Crippen LogP contribution in [0.25, 0.3) is 11.1 Å². The lowest BCUT2D eigenvalue weighted by atomic mass is 10.1. The highest BCUT2D eigenvalue weighted by molar-refractivity contribution is 5.61. The Morgan fingerprint density at radius 2 is 2.05 bits per heavy atom. The van der Waals surface area contributed by atoms with Gasteiger partial charge in [0, 0.05) is 17.8 Å². The molecule has 1 aromatic carbocycles. The third-order valence-electron chi connectivity index (χ3n) is 3.42. The maximum Gasteiger partial charge on any atom is 0.0602 e.